The quantitative estimate of drug-likeness (QED) is 0.824. The van der Waals surface area contributed by atoms with Gasteiger partial charge >= 0.3 is 0 Å². The predicted molar refractivity (Wildman–Crippen MR) is 63.4 cm³/mol. The van der Waals surface area contributed by atoms with Crippen molar-refractivity contribution in [2.24, 2.45) is 0 Å². The van der Waals surface area contributed by atoms with Gasteiger partial charge in [-0.25, -0.2) is 8.42 Å². The monoisotopic (exact) mass is 256 g/mol. The van der Waals surface area contributed by atoms with Crippen LogP contribution < -0.4 is 0 Å². The van der Waals surface area contributed by atoms with E-state index in [9.17, 15) is 8.42 Å². The maximum atomic E-state index is 12.1. The fourth-order valence-corrected chi connectivity index (χ4v) is 3.00. The van der Waals surface area contributed by atoms with Crippen LogP contribution in [0, 0.1) is 0 Å². The third-order valence-corrected chi connectivity index (χ3v) is 4.31. The lowest BCUT2D eigenvalue weighted by atomic mass is 10.3. The third kappa shape index (κ3) is 3.52. The van der Waals surface area contributed by atoms with Crippen LogP contribution in [0.4, 0.5) is 0 Å². The first-order chi connectivity index (χ1) is 8.18. The average Bonchev–Trinajstić information content (AvgIpc) is 2.58. The molecule has 5 heteroatoms. The predicted octanol–water partition coefficient (Wildman–Crippen LogP) is 1.61. The zero-order valence-electron chi connectivity index (χ0n) is 9.54. The summed E-state index contributed by atoms with van der Waals surface area (Å²) in [6.45, 7) is 1.13. The summed E-state index contributed by atoms with van der Waals surface area (Å²) in [5.41, 5.74) is 0. The van der Waals surface area contributed by atoms with Crippen molar-refractivity contribution in [3.63, 3.8) is 0 Å². The van der Waals surface area contributed by atoms with E-state index in [4.69, 9.17) is 9.47 Å². The summed E-state index contributed by atoms with van der Waals surface area (Å²) in [6, 6.07) is 8.39. The van der Waals surface area contributed by atoms with E-state index in [1.165, 1.54) is 0 Å². The van der Waals surface area contributed by atoms with Gasteiger partial charge < -0.3 is 9.47 Å². The van der Waals surface area contributed by atoms with Crippen LogP contribution in [0.3, 0.4) is 0 Å². The lowest BCUT2D eigenvalue weighted by molar-refractivity contribution is -0.110. The van der Waals surface area contributed by atoms with Crippen LogP contribution >= 0.6 is 0 Å². The first-order valence-electron chi connectivity index (χ1n) is 5.69. The highest BCUT2D eigenvalue weighted by molar-refractivity contribution is 7.91. The molecule has 0 unspecified atom stereocenters. The van der Waals surface area contributed by atoms with Gasteiger partial charge in [-0.05, 0) is 25.0 Å². The highest BCUT2D eigenvalue weighted by atomic mass is 32.2. The Morgan fingerprint density at radius 1 is 1.06 bits per heavy atom. The van der Waals surface area contributed by atoms with Crippen LogP contribution in [-0.2, 0) is 19.3 Å². The van der Waals surface area contributed by atoms with Gasteiger partial charge in [0.2, 0.25) is 0 Å². The molecule has 0 atom stereocenters. The number of hydrogen-bond donors (Lipinski definition) is 0. The molecular formula is C12H16O4S. The van der Waals surface area contributed by atoms with E-state index in [1.54, 1.807) is 30.3 Å². The van der Waals surface area contributed by atoms with Gasteiger partial charge in [-0.1, -0.05) is 18.2 Å². The van der Waals surface area contributed by atoms with E-state index in [2.05, 4.69) is 0 Å². The minimum atomic E-state index is -3.33. The SMILES string of the molecule is O=S(=O)(CC1OCCCCO1)c1ccccc1. The molecule has 0 N–H and O–H groups in total. The Morgan fingerprint density at radius 3 is 2.24 bits per heavy atom. The van der Waals surface area contributed by atoms with Crippen molar-refractivity contribution in [3.05, 3.63) is 30.3 Å². The van der Waals surface area contributed by atoms with Gasteiger partial charge in [-0.3, -0.25) is 0 Å². The highest BCUT2D eigenvalue weighted by Gasteiger charge is 2.23. The first kappa shape index (κ1) is 12.5. The van der Waals surface area contributed by atoms with Crippen molar-refractivity contribution in [2.45, 2.75) is 24.0 Å². The van der Waals surface area contributed by atoms with Gasteiger partial charge in [0.1, 0.15) is 5.75 Å². The van der Waals surface area contributed by atoms with Crippen LogP contribution in [0.25, 0.3) is 0 Å². The molecule has 0 saturated carbocycles. The molecule has 1 fully saturated rings. The summed E-state index contributed by atoms with van der Waals surface area (Å²) in [6.07, 6.45) is 1.20. The molecule has 0 aliphatic carbocycles. The minimum Gasteiger partial charge on any atom is -0.352 e. The van der Waals surface area contributed by atoms with Crippen molar-refractivity contribution >= 4 is 9.84 Å². The van der Waals surface area contributed by atoms with E-state index in [-0.39, 0.29) is 5.75 Å². The molecule has 4 nitrogen and oxygen atoms in total. The molecule has 1 heterocycles. The summed E-state index contributed by atoms with van der Waals surface area (Å²) >= 11 is 0. The second-order valence-electron chi connectivity index (χ2n) is 3.97. The first-order valence-corrected chi connectivity index (χ1v) is 7.35. The summed E-state index contributed by atoms with van der Waals surface area (Å²) in [5, 5.41) is 0. The van der Waals surface area contributed by atoms with Crippen molar-refractivity contribution in [3.8, 4) is 0 Å². The van der Waals surface area contributed by atoms with Crippen LogP contribution in [0.2, 0.25) is 0 Å². The van der Waals surface area contributed by atoms with E-state index in [0.29, 0.717) is 18.1 Å². The molecule has 2 rings (SSSR count). The number of rotatable bonds is 3. The van der Waals surface area contributed by atoms with E-state index in [1.807, 2.05) is 0 Å². The number of ether oxygens (including phenoxy) is 2. The maximum absolute atomic E-state index is 12.1. The molecule has 1 aliphatic rings. The Hall–Kier alpha value is -0.910. The summed E-state index contributed by atoms with van der Waals surface area (Å²) in [4.78, 5) is 0.316. The van der Waals surface area contributed by atoms with E-state index < -0.39 is 16.1 Å². The molecule has 0 radical (unpaired) electrons. The van der Waals surface area contributed by atoms with Crippen molar-refractivity contribution < 1.29 is 17.9 Å². The fraction of sp³-hybridized carbons (Fsp3) is 0.500. The Labute approximate surface area is 101 Å². The zero-order valence-corrected chi connectivity index (χ0v) is 10.4. The number of benzene rings is 1. The number of hydrogen-bond acceptors (Lipinski definition) is 4. The molecular weight excluding hydrogens is 240 g/mol. The zero-order chi connectivity index (χ0) is 12.1. The normalized spacial score (nSPS) is 18.8. The topological polar surface area (TPSA) is 52.6 Å². The molecule has 0 spiro atoms. The Kier molecular flexibility index (Phi) is 4.15. The molecule has 94 valence electrons. The van der Waals surface area contributed by atoms with Gasteiger partial charge in [0.05, 0.1) is 4.90 Å². The molecule has 0 amide bonds. The van der Waals surface area contributed by atoms with Gasteiger partial charge in [0, 0.05) is 13.2 Å². The third-order valence-electron chi connectivity index (χ3n) is 2.60. The Bertz CT molecular complexity index is 433. The van der Waals surface area contributed by atoms with Crippen molar-refractivity contribution in [1.29, 1.82) is 0 Å². The number of sulfone groups is 1. The van der Waals surface area contributed by atoms with Gasteiger partial charge in [0.25, 0.3) is 0 Å². The second-order valence-corrected chi connectivity index (χ2v) is 6.01. The summed E-state index contributed by atoms with van der Waals surface area (Å²) in [7, 11) is -3.33. The second kappa shape index (κ2) is 5.62. The molecule has 17 heavy (non-hydrogen) atoms. The summed E-state index contributed by atoms with van der Waals surface area (Å²) in [5.74, 6) is -0.114. The van der Waals surface area contributed by atoms with Crippen LogP contribution in [0.5, 0.6) is 0 Å². The van der Waals surface area contributed by atoms with E-state index >= 15 is 0 Å². The van der Waals surface area contributed by atoms with E-state index in [0.717, 1.165) is 12.8 Å². The lowest BCUT2D eigenvalue weighted by Gasteiger charge is -2.15. The molecule has 0 bridgehead atoms. The Balaban J connectivity index is 2.06. The van der Waals surface area contributed by atoms with Crippen LogP contribution in [0.15, 0.2) is 35.2 Å². The molecule has 1 saturated heterocycles. The Morgan fingerprint density at radius 2 is 1.65 bits per heavy atom. The van der Waals surface area contributed by atoms with Crippen molar-refractivity contribution in [1.82, 2.24) is 0 Å². The largest absolute Gasteiger partial charge is 0.352 e. The highest BCUT2D eigenvalue weighted by Crippen LogP contribution is 2.15. The lowest BCUT2D eigenvalue weighted by Crippen LogP contribution is -2.26. The smallest absolute Gasteiger partial charge is 0.183 e. The van der Waals surface area contributed by atoms with Crippen LogP contribution in [-0.4, -0.2) is 33.7 Å². The maximum Gasteiger partial charge on any atom is 0.183 e. The fourth-order valence-electron chi connectivity index (χ4n) is 1.68. The standard InChI is InChI=1S/C12H16O4S/c13-17(14,11-6-2-1-3-7-11)10-12-15-8-4-5-9-16-12/h1-3,6-7,12H,4-5,8-10H2. The van der Waals surface area contributed by atoms with Crippen LogP contribution in [0.1, 0.15) is 12.8 Å². The van der Waals surface area contributed by atoms with Gasteiger partial charge in [-0.2, -0.15) is 0 Å². The average molecular weight is 256 g/mol. The molecule has 1 aromatic carbocycles. The molecule has 1 aliphatic heterocycles. The minimum absolute atomic E-state index is 0.114. The summed E-state index contributed by atoms with van der Waals surface area (Å²) < 4.78 is 34.8. The molecule has 1 aromatic rings. The van der Waals surface area contributed by atoms with Gasteiger partial charge in [-0.15, -0.1) is 0 Å². The molecule has 0 aromatic heterocycles. The van der Waals surface area contributed by atoms with Gasteiger partial charge in [0.15, 0.2) is 16.1 Å². The van der Waals surface area contributed by atoms with Crippen molar-refractivity contribution in [2.75, 3.05) is 19.0 Å².